The molecule has 188 valence electrons. The molecule has 2 saturated heterocycles. The molecule has 2 heterocycles. The summed E-state index contributed by atoms with van der Waals surface area (Å²) in [6.45, 7) is 4.34. The quantitative estimate of drug-likeness (QED) is 0.608. The van der Waals surface area contributed by atoms with Gasteiger partial charge in [-0.2, -0.15) is 4.31 Å². The topological polar surface area (TPSA) is 98.8 Å². The van der Waals surface area contributed by atoms with Gasteiger partial charge >= 0.3 is 0 Å². The molecule has 0 spiro atoms. The second kappa shape index (κ2) is 11.2. The zero-order chi connectivity index (χ0) is 24.8. The first-order chi connectivity index (χ1) is 16.9. The molecule has 0 aromatic heterocycles. The van der Waals surface area contributed by atoms with Crippen molar-refractivity contribution < 1.29 is 18.0 Å². The van der Waals surface area contributed by atoms with Crippen LogP contribution in [0.4, 0.5) is 11.4 Å². The molecule has 8 nitrogen and oxygen atoms in total. The third-order valence-electron chi connectivity index (χ3n) is 6.65. The third kappa shape index (κ3) is 6.02. The van der Waals surface area contributed by atoms with E-state index in [9.17, 15) is 18.0 Å². The van der Waals surface area contributed by atoms with E-state index >= 15 is 0 Å². The molecule has 4 rings (SSSR count). The molecular weight excluding hydrogens is 464 g/mol. The van der Waals surface area contributed by atoms with E-state index < -0.39 is 22.0 Å². The van der Waals surface area contributed by atoms with Crippen molar-refractivity contribution in [1.29, 1.82) is 0 Å². The van der Waals surface area contributed by atoms with Crippen LogP contribution >= 0.6 is 0 Å². The molecule has 0 radical (unpaired) electrons. The lowest BCUT2D eigenvalue weighted by Crippen LogP contribution is -2.42. The maximum Gasteiger partial charge on any atom is 0.251 e. The van der Waals surface area contributed by atoms with E-state index in [1.165, 1.54) is 4.31 Å². The number of carbonyl (C=O) groups excluding carboxylic acids is 2. The summed E-state index contributed by atoms with van der Waals surface area (Å²) in [4.78, 5) is 27.9. The molecule has 0 aliphatic carbocycles. The highest BCUT2D eigenvalue weighted by Gasteiger charge is 2.28. The number of nitrogens with one attached hydrogen (secondary N) is 2. The molecule has 2 aromatic rings. The van der Waals surface area contributed by atoms with Gasteiger partial charge in [-0.05, 0) is 69.4 Å². The number of nitrogens with zero attached hydrogens (tertiary/aromatic N) is 2. The van der Waals surface area contributed by atoms with Gasteiger partial charge in [0.15, 0.2) is 0 Å². The molecule has 2 aromatic carbocycles. The first kappa shape index (κ1) is 25.2. The van der Waals surface area contributed by atoms with Crippen LogP contribution in [-0.4, -0.2) is 56.8 Å². The lowest BCUT2D eigenvalue weighted by atomic mass is 10.1. The van der Waals surface area contributed by atoms with Crippen LogP contribution in [0.15, 0.2) is 53.4 Å². The van der Waals surface area contributed by atoms with E-state index in [1.54, 1.807) is 49.4 Å². The maximum absolute atomic E-state index is 13.3. The van der Waals surface area contributed by atoms with Crippen molar-refractivity contribution in [2.45, 2.75) is 56.4 Å². The Hall–Kier alpha value is -2.91. The van der Waals surface area contributed by atoms with E-state index in [2.05, 4.69) is 15.5 Å². The summed E-state index contributed by atoms with van der Waals surface area (Å²) in [5.74, 6) is -0.744. The van der Waals surface area contributed by atoms with Crippen molar-refractivity contribution in [2.75, 3.05) is 36.4 Å². The zero-order valence-corrected chi connectivity index (χ0v) is 21.0. The summed E-state index contributed by atoms with van der Waals surface area (Å²) in [5, 5.41) is 5.62. The highest BCUT2D eigenvalue weighted by atomic mass is 32.2. The second-order valence-corrected chi connectivity index (χ2v) is 11.2. The van der Waals surface area contributed by atoms with Crippen LogP contribution in [0.1, 0.15) is 55.8 Å². The average Bonchev–Trinajstić information content (AvgIpc) is 2.90. The summed E-state index contributed by atoms with van der Waals surface area (Å²) in [6.07, 6.45) is 5.99. The fourth-order valence-electron chi connectivity index (χ4n) is 4.62. The molecule has 9 heteroatoms. The van der Waals surface area contributed by atoms with Crippen LogP contribution < -0.4 is 15.5 Å². The highest BCUT2D eigenvalue weighted by Crippen LogP contribution is 2.32. The Morgan fingerprint density at radius 2 is 1.49 bits per heavy atom. The largest absolute Gasteiger partial charge is 0.370 e. The summed E-state index contributed by atoms with van der Waals surface area (Å²) >= 11 is 0. The Morgan fingerprint density at radius 3 is 2.14 bits per heavy atom. The molecular formula is C26H34N4O4S. The SMILES string of the molecule is C[C@H](NC(=O)c1ccccc1)C(=O)Nc1cc(S(=O)(=O)N2CCCCC2)ccc1N1CCCCC1. The van der Waals surface area contributed by atoms with E-state index in [4.69, 9.17) is 0 Å². The van der Waals surface area contributed by atoms with Crippen LogP contribution in [0.3, 0.4) is 0 Å². The summed E-state index contributed by atoms with van der Waals surface area (Å²) in [5.41, 5.74) is 1.73. The van der Waals surface area contributed by atoms with E-state index in [0.29, 0.717) is 24.3 Å². The monoisotopic (exact) mass is 498 g/mol. The van der Waals surface area contributed by atoms with Gasteiger partial charge in [-0.15, -0.1) is 0 Å². The van der Waals surface area contributed by atoms with Gasteiger partial charge in [0.25, 0.3) is 5.91 Å². The fourth-order valence-corrected chi connectivity index (χ4v) is 6.16. The Morgan fingerprint density at radius 1 is 0.857 bits per heavy atom. The molecule has 35 heavy (non-hydrogen) atoms. The molecule has 2 fully saturated rings. The highest BCUT2D eigenvalue weighted by molar-refractivity contribution is 7.89. The van der Waals surface area contributed by atoms with Crippen LogP contribution in [0.5, 0.6) is 0 Å². The normalized spacial score (nSPS) is 18.0. The number of piperidine rings is 2. The minimum atomic E-state index is -3.65. The Bertz CT molecular complexity index is 1140. The predicted octanol–water partition coefficient (Wildman–Crippen LogP) is 3.61. The molecule has 1 atom stereocenters. The number of amides is 2. The maximum atomic E-state index is 13.3. The Labute approximate surface area is 207 Å². The van der Waals surface area contributed by atoms with Crippen molar-refractivity contribution in [3.8, 4) is 0 Å². The number of hydrogen-bond acceptors (Lipinski definition) is 5. The van der Waals surface area contributed by atoms with Gasteiger partial charge in [0, 0.05) is 31.7 Å². The van der Waals surface area contributed by atoms with Crippen molar-refractivity contribution >= 4 is 33.2 Å². The smallest absolute Gasteiger partial charge is 0.251 e. The molecule has 2 amide bonds. The van der Waals surface area contributed by atoms with Gasteiger partial charge in [-0.3, -0.25) is 9.59 Å². The van der Waals surface area contributed by atoms with Gasteiger partial charge in [-0.25, -0.2) is 8.42 Å². The molecule has 2 N–H and O–H groups in total. The van der Waals surface area contributed by atoms with Crippen LogP contribution in [0.2, 0.25) is 0 Å². The number of hydrogen-bond donors (Lipinski definition) is 2. The minimum Gasteiger partial charge on any atom is -0.370 e. The Kier molecular flexibility index (Phi) is 8.07. The minimum absolute atomic E-state index is 0.177. The first-order valence-electron chi connectivity index (χ1n) is 12.4. The third-order valence-corrected chi connectivity index (χ3v) is 8.55. The second-order valence-electron chi connectivity index (χ2n) is 9.24. The van der Waals surface area contributed by atoms with E-state index in [0.717, 1.165) is 57.3 Å². The first-order valence-corrected chi connectivity index (χ1v) is 13.9. The molecule has 0 unspecified atom stereocenters. The average molecular weight is 499 g/mol. The van der Waals surface area contributed by atoms with Crippen LogP contribution in [0, 0.1) is 0 Å². The summed E-state index contributed by atoms with van der Waals surface area (Å²) in [7, 11) is -3.65. The van der Waals surface area contributed by atoms with Crippen molar-refractivity contribution in [3.63, 3.8) is 0 Å². The van der Waals surface area contributed by atoms with Crippen molar-refractivity contribution in [3.05, 3.63) is 54.1 Å². The number of carbonyl (C=O) groups is 2. The van der Waals surface area contributed by atoms with Crippen LogP contribution in [0.25, 0.3) is 0 Å². The zero-order valence-electron chi connectivity index (χ0n) is 20.2. The van der Waals surface area contributed by atoms with Crippen molar-refractivity contribution in [1.82, 2.24) is 9.62 Å². The van der Waals surface area contributed by atoms with Crippen molar-refractivity contribution in [2.24, 2.45) is 0 Å². The van der Waals surface area contributed by atoms with E-state index in [1.807, 2.05) is 6.07 Å². The van der Waals surface area contributed by atoms with Crippen LogP contribution in [-0.2, 0) is 14.8 Å². The van der Waals surface area contributed by atoms with Gasteiger partial charge in [0.2, 0.25) is 15.9 Å². The summed E-state index contributed by atoms with van der Waals surface area (Å²) < 4.78 is 28.1. The summed E-state index contributed by atoms with van der Waals surface area (Å²) in [6, 6.07) is 12.9. The fraction of sp³-hybridized carbons (Fsp3) is 0.462. The lowest BCUT2D eigenvalue weighted by molar-refractivity contribution is -0.117. The number of anilines is 2. The van der Waals surface area contributed by atoms with Gasteiger partial charge in [0.1, 0.15) is 6.04 Å². The number of benzene rings is 2. The molecule has 2 aliphatic heterocycles. The molecule has 0 saturated carbocycles. The Balaban J connectivity index is 1.57. The lowest BCUT2D eigenvalue weighted by Gasteiger charge is -2.31. The van der Waals surface area contributed by atoms with E-state index in [-0.39, 0.29) is 10.8 Å². The number of sulfonamides is 1. The van der Waals surface area contributed by atoms with Gasteiger partial charge in [0.05, 0.1) is 16.3 Å². The number of rotatable bonds is 7. The molecule has 0 bridgehead atoms. The van der Waals surface area contributed by atoms with Gasteiger partial charge < -0.3 is 15.5 Å². The molecule has 2 aliphatic rings. The predicted molar refractivity (Wildman–Crippen MR) is 137 cm³/mol. The van der Waals surface area contributed by atoms with Gasteiger partial charge in [-0.1, -0.05) is 24.6 Å². The standard InChI is InChI=1S/C26H34N4O4S/c1-20(27-26(32)21-11-5-2-6-12-21)25(31)28-23-19-22(35(33,34)30-17-9-4-10-18-30)13-14-24(23)29-15-7-3-8-16-29/h2,5-6,11-14,19-20H,3-4,7-10,15-18H2,1H3,(H,27,32)(H,28,31)/t20-/m0/s1.